The standard InChI is InChI=1S/C15H17N3OS/c1-10-7-13(20-9-10)15(19)18-6-4-12(8-18)14-16-5-3-11(2)17-14/h3,5,7,9,12H,4,6,8H2,1-2H3/t12-/m1/s1. The molecule has 0 saturated carbocycles. The second-order valence-electron chi connectivity index (χ2n) is 5.28. The molecule has 1 fully saturated rings. The van der Waals surface area contributed by atoms with E-state index in [1.54, 1.807) is 6.20 Å². The largest absolute Gasteiger partial charge is 0.337 e. The maximum atomic E-state index is 12.4. The van der Waals surface area contributed by atoms with Crippen LogP contribution in [0.5, 0.6) is 0 Å². The smallest absolute Gasteiger partial charge is 0.263 e. The number of nitrogens with zero attached hydrogens (tertiary/aromatic N) is 3. The second kappa shape index (κ2) is 5.32. The normalized spacial score (nSPS) is 18.5. The first kappa shape index (κ1) is 13.2. The third-order valence-corrected chi connectivity index (χ3v) is 4.63. The van der Waals surface area contributed by atoms with Crippen LogP contribution in [-0.4, -0.2) is 33.9 Å². The highest BCUT2D eigenvalue weighted by molar-refractivity contribution is 7.12. The van der Waals surface area contributed by atoms with Gasteiger partial charge in [0.2, 0.25) is 0 Å². The van der Waals surface area contributed by atoms with E-state index in [-0.39, 0.29) is 11.8 Å². The number of aryl methyl sites for hydroxylation is 2. The number of rotatable bonds is 2. The van der Waals surface area contributed by atoms with E-state index in [4.69, 9.17) is 0 Å². The van der Waals surface area contributed by atoms with Gasteiger partial charge in [-0.15, -0.1) is 11.3 Å². The number of likely N-dealkylation sites (tertiary alicyclic amines) is 1. The maximum absolute atomic E-state index is 12.4. The lowest BCUT2D eigenvalue weighted by Crippen LogP contribution is -2.27. The number of amides is 1. The van der Waals surface area contributed by atoms with Crippen LogP contribution in [0.4, 0.5) is 0 Å². The lowest BCUT2D eigenvalue weighted by Gasteiger charge is -2.15. The Hall–Kier alpha value is -1.75. The van der Waals surface area contributed by atoms with E-state index in [9.17, 15) is 4.79 Å². The van der Waals surface area contributed by atoms with Crippen LogP contribution in [0.3, 0.4) is 0 Å². The van der Waals surface area contributed by atoms with E-state index in [0.717, 1.165) is 41.5 Å². The van der Waals surface area contributed by atoms with Gasteiger partial charge in [0.15, 0.2) is 0 Å². The van der Waals surface area contributed by atoms with Crippen LogP contribution in [0.1, 0.15) is 39.1 Å². The SMILES string of the molecule is Cc1csc(C(=O)N2CC[C@@H](c3nccc(C)n3)C2)c1. The van der Waals surface area contributed by atoms with Crippen LogP contribution in [0.2, 0.25) is 0 Å². The van der Waals surface area contributed by atoms with Gasteiger partial charge in [0, 0.05) is 30.9 Å². The topological polar surface area (TPSA) is 46.1 Å². The van der Waals surface area contributed by atoms with Gasteiger partial charge >= 0.3 is 0 Å². The maximum Gasteiger partial charge on any atom is 0.263 e. The van der Waals surface area contributed by atoms with Crippen LogP contribution in [0.25, 0.3) is 0 Å². The van der Waals surface area contributed by atoms with Crippen molar-refractivity contribution in [3.05, 3.63) is 45.7 Å². The Bertz CT molecular complexity index is 638. The fourth-order valence-corrected chi connectivity index (χ4v) is 3.38. The molecular weight excluding hydrogens is 270 g/mol. The lowest BCUT2D eigenvalue weighted by molar-refractivity contribution is 0.0795. The Labute approximate surface area is 122 Å². The predicted molar refractivity (Wildman–Crippen MR) is 79.1 cm³/mol. The number of hydrogen-bond acceptors (Lipinski definition) is 4. The first-order valence-corrected chi connectivity index (χ1v) is 7.65. The number of aromatic nitrogens is 2. The van der Waals surface area contributed by atoms with Crippen molar-refractivity contribution in [1.29, 1.82) is 0 Å². The van der Waals surface area contributed by atoms with E-state index >= 15 is 0 Å². The monoisotopic (exact) mass is 287 g/mol. The molecule has 1 aliphatic heterocycles. The zero-order valence-corrected chi connectivity index (χ0v) is 12.5. The van der Waals surface area contributed by atoms with Gasteiger partial charge < -0.3 is 4.90 Å². The third kappa shape index (κ3) is 2.58. The highest BCUT2D eigenvalue weighted by atomic mass is 32.1. The fourth-order valence-electron chi connectivity index (χ4n) is 2.52. The number of hydrogen-bond donors (Lipinski definition) is 0. The summed E-state index contributed by atoms with van der Waals surface area (Å²) >= 11 is 1.52. The molecule has 3 heterocycles. The van der Waals surface area contributed by atoms with Gasteiger partial charge in [0.05, 0.1) is 4.88 Å². The Morgan fingerprint density at radius 3 is 3.00 bits per heavy atom. The van der Waals surface area contributed by atoms with Crippen molar-refractivity contribution in [2.24, 2.45) is 0 Å². The Morgan fingerprint density at radius 2 is 2.30 bits per heavy atom. The highest BCUT2D eigenvalue weighted by Gasteiger charge is 2.30. The first-order chi connectivity index (χ1) is 9.63. The Morgan fingerprint density at radius 1 is 1.45 bits per heavy atom. The summed E-state index contributed by atoms with van der Waals surface area (Å²) < 4.78 is 0. The van der Waals surface area contributed by atoms with E-state index in [0.29, 0.717) is 0 Å². The molecule has 0 radical (unpaired) electrons. The molecule has 104 valence electrons. The minimum Gasteiger partial charge on any atom is -0.337 e. The summed E-state index contributed by atoms with van der Waals surface area (Å²) in [5.41, 5.74) is 2.13. The lowest BCUT2D eigenvalue weighted by atomic mass is 10.1. The van der Waals surface area contributed by atoms with Crippen molar-refractivity contribution in [1.82, 2.24) is 14.9 Å². The summed E-state index contributed by atoms with van der Waals surface area (Å²) in [6.45, 7) is 5.50. The molecule has 0 bridgehead atoms. The van der Waals surface area contributed by atoms with Crippen molar-refractivity contribution in [3.8, 4) is 0 Å². The van der Waals surface area contributed by atoms with Gasteiger partial charge in [0.25, 0.3) is 5.91 Å². The molecule has 1 aliphatic rings. The average Bonchev–Trinajstić information content (AvgIpc) is 3.07. The molecule has 2 aromatic rings. The zero-order valence-electron chi connectivity index (χ0n) is 11.7. The van der Waals surface area contributed by atoms with Gasteiger partial charge in [-0.1, -0.05) is 0 Å². The minimum atomic E-state index is 0.137. The van der Waals surface area contributed by atoms with E-state index in [2.05, 4.69) is 9.97 Å². The van der Waals surface area contributed by atoms with Crippen molar-refractivity contribution in [2.75, 3.05) is 13.1 Å². The Balaban J connectivity index is 1.72. The Kier molecular flexibility index (Phi) is 3.53. The second-order valence-corrected chi connectivity index (χ2v) is 6.19. The van der Waals surface area contributed by atoms with Crippen molar-refractivity contribution < 1.29 is 4.79 Å². The summed E-state index contributed by atoms with van der Waals surface area (Å²) in [5, 5.41) is 2.02. The molecule has 1 amide bonds. The van der Waals surface area contributed by atoms with E-state index < -0.39 is 0 Å². The highest BCUT2D eigenvalue weighted by Crippen LogP contribution is 2.27. The van der Waals surface area contributed by atoms with Crippen molar-refractivity contribution in [3.63, 3.8) is 0 Å². The molecule has 5 heteroatoms. The van der Waals surface area contributed by atoms with Crippen molar-refractivity contribution in [2.45, 2.75) is 26.2 Å². The third-order valence-electron chi connectivity index (χ3n) is 3.60. The van der Waals surface area contributed by atoms with Gasteiger partial charge in [-0.25, -0.2) is 9.97 Å². The summed E-state index contributed by atoms with van der Waals surface area (Å²) in [7, 11) is 0. The zero-order chi connectivity index (χ0) is 14.1. The summed E-state index contributed by atoms with van der Waals surface area (Å²) in [4.78, 5) is 24.0. The molecule has 2 aromatic heterocycles. The van der Waals surface area contributed by atoms with Gasteiger partial charge in [-0.05, 0) is 43.3 Å². The molecule has 1 atom stereocenters. The molecular formula is C15H17N3OS. The molecule has 1 saturated heterocycles. The molecule has 0 aliphatic carbocycles. The van der Waals surface area contributed by atoms with Crippen LogP contribution in [0, 0.1) is 13.8 Å². The van der Waals surface area contributed by atoms with E-state index in [1.165, 1.54) is 11.3 Å². The first-order valence-electron chi connectivity index (χ1n) is 6.77. The number of carbonyl (C=O) groups excluding carboxylic acids is 1. The summed E-state index contributed by atoms with van der Waals surface area (Å²) in [6.07, 6.45) is 2.74. The van der Waals surface area contributed by atoms with Gasteiger partial charge in [-0.3, -0.25) is 4.79 Å². The van der Waals surface area contributed by atoms with Crippen LogP contribution < -0.4 is 0 Å². The summed E-state index contributed by atoms with van der Waals surface area (Å²) in [5.74, 6) is 1.26. The number of thiophene rings is 1. The van der Waals surface area contributed by atoms with Crippen LogP contribution in [0.15, 0.2) is 23.7 Å². The minimum absolute atomic E-state index is 0.137. The van der Waals surface area contributed by atoms with Gasteiger partial charge in [-0.2, -0.15) is 0 Å². The predicted octanol–water partition coefficient (Wildman–Crippen LogP) is 2.78. The average molecular weight is 287 g/mol. The van der Waals surface area contributed by atoms with Crippen LogP contribution in [-0.2, 0) is 0 Å². The molecule has 0 aromatic carbocycles. The molecule has 3 rings (SSSR count). The molecule has 4 nitrogen and oxygen atoms in total. The summed E-state index contributed by atoms with van der Waals surface area (Å²) in [6, 6.07) is 3.86. The fraction of sp³-hybridized carbons (Fsp3) is 0.400. The molecule has 0 spiro atoms. The van der Waals surface area contributed by atoms with Crippen LogP contribution >= 0.6 is 11.3 Å². The number of carbonyl (C=O) groups is 1. The quantitative estimate of drug-likeness (QED) is 0.853. The molecule has 0 unspecified atom stereocenters. The van der Waals surface area contributed by atoms with Gasteiger partial charge in [0.1, 0.15) is 5.82 Å². The van der Waals surface area contributed by atoms with Crippen molar-refractivity contribution >= 4 is 17.2 Å². The molecule has 0 N–H and O–H groups in total. The molecule has 20 heavy (non-hydrogen) atoms. The van der Waals surface area contributed by atoms with E-state index in [1.807, 2.05) is 36.3 Å².